The molecule has 0 bridgehead atoms. The van der Waals surface area contributed by atoms with E-state index in [9.17, 15) is 9.90 Å². The van der Waals surface area contributed by atoms with Crippen molar-refractivity contribution in [2.45, 2.75) is 12.5 Å². The Bertz CT molecular complexity index is 697. The van der Waals surface area contributed by atoms with Crippen LogP contribution in [0.15, 0.2) is 39.6 Å². The van der Waals surface area contributed by atoms with E-state index in [1.807, 2.05) is 0 Å². The van der Waals surface area contributed by atoms with Gasteiger partial charge in [0.05, 0.1) is 13.7 Å². The van der Waals surface area contributed by atoms with Crippen LogP contribution in [-0.2, 0) is 0 Å². The van der Waals surface area contributed by atoms with Crippen molar-refractivity contribution in [1.29, 1.82) is 0 Å². The van der Waals surface area contributed by atoms with E-state index in [1.165, 1.54) is 26.2 Å². The van der Waals surface area contributed by atoms with Crippen molar-refractivity contribution in [3.63, 3.8) is 0 Å². The van der Waals surface area contributed by atoms with Gasteiger partial charge in [-0.2, -0.15) is 0 Å². The molecule has 5 nitrogen and oxygen atoms in total. The van der Waals surface area contributed by atoms with Gasteiger partial charge in [-0.25, -0.2) is 4.79 Å². The summed E-state index contributed by atoms with van der Waals surface area (Å²) in [5.41, 5.74) is -0.586. The SMILES string of the molecule is COc1cc2oc(=O)ccc2cc1/C=C/C(C)(O)CO. The second kappa shape index (κ2) is 5.48. The van der Waals surface area contributed by atoms with Crippen molar-refractivity contribution in [2.24, 2.45) is 0 Å². The standard InChI is InChI=1S/C15H16O5/c1-15(18,9-16)6-5-11-7-10-3-4-14(17)20-13(10)8-12(11)19-2/h3-8,16,18H,9H2,1-2H3/b6-5+. The Hall–Kier alpha value is -2.11. The van der Waals surface area contributed by atoms with Gasteiger partial charge in [0.25, 0.3) is 0 Å². The minimum Gasteiger partial charge on any atom is -0.496 e. The first-order valence-corrected chi connectivity index (χ1v) is 6.09. The molecule has 0 saturated heterocycles. The molecule has 1 atom stereocenters. The molecule has 0 aliphatic carbocycles. The molecule has 20 heavy (non-hydrogen) atoms. The Morgan fingerprint density at radius 1 is 1.40 bits per heavy atom. The van der Waals surface area contributed by atoms with E-state index in [0.29, 0.717) is 16.9 Å². The normalized spacial score (nSPS) is 14.6. The van der Waals surface area contributed by atoms with Crippen LogP contribution in [0.5, 0.6) is 5.75 Å². The van der Waals surface area contributed by atoms with Gasteiger partial charge in [0.2, 0.25) is 0 Å². The molecule has 1 heterocycles. The first-order valence-electron chi connectivity index (χ1n) is 6.09. The van der Waals surface area contributed by atoms with Crippen molar-refractivity contribution in [1.82, 2.24) is 0 Å². The third-order valence-corrected chi connectivity index (χ3v) is 2.91. The van der Waals surface area contributed by atoms with Crippen molar-refractivity contribution in [2.75, 3.05) is 13.7 Å². The summed E-state index contributed by atoms with van der Waals surface area (Å²) in [5.74, 6) is 0.511. The lowest BCUT2D eigenvalue weighted by Crippen LogP contribution is -2.25. The van der Waals surface area contributed by atoms with Crippen molar-refractivity contribution in [3.8, 4) is 5.75 Å². The number of aliphatic hydroxyl groups excluding tert-OH is 1. The quantitative estimate of drug-likeness (QED) is 0.828. The molecule has 1 unspecified atom stereocenters. The van der Waals surface area contributed by atoms with Crippen LogP contribution in [0, 0.1) is 0 Å². The summed E-state index contributed by atoms with van der Waals surface area (Å²) in [4.78, 5) is 11.2. The summed E-state index contributed by atoms with van der Waals surface area (Å²) < 4.78 is 10.3. The predicted octanol–water partition coefficient (Wildman–Crippen LogP) is 1.56. The molecule has 0 amide bonds. The molecule has 1 aromatic carbocycles. The third-order valence-electron chi connectivity index (χ3n) is 2.91. The zero-order chi connectivity index (χ0) is 14.8. The van der Waals surface area contributed by atoms with Gasteiger partial charge in [-0.1, -0.05) is 12.2 Å². The molecule has 0 aliphatic heterocycles. The van der Waals surface area contributed by atoms with Gasteiger partial charge in [0.15, 0.2) is 0 Å². The van der Waals surface area contributed by atoms with Gasteiger partial charge >= 0.3 is 5.63 Å². The average Bonchev–Trinajstić information content (AvgIpc) is 2.44. The van der Waals surface area contributed by atoms with E-state index < -0.39 is 11.2 Å². The van der Waals surface area contributed by atoms with E-state index in [0.717, 1.165) is 5.39 Å². The van der Waals surface area contributed by atoms with Gasteiger partial charge in [-0.05, 0) is 19.1 Å². The number of hydrogen-bond acceptors (Lipinski definition) is 5. The van der Waals surface area contributed by atoms with Crippen LogP contribution < -0.4 is 10.4 Å². The smallest absolute Gasteiger partial charge is 0.336 e. The van der Waals surface area contributed by atoms with Gasteiger partial charge < -0.3 is 19.4 Å². The van der Waals surface area contributed by atoms with Gasteiger partial charge in [0.1, 0.15) is 16.9 Å². The minimum absolute atomic E-state index is 0.381. The Morgan fingerprint density at radius 2 is 2.15 bits per heavy atom. The summed E-state index contributed by atoms with van der Waals surface area (Å²) in [5, 5.41) is 19.5. The molecule has 0 fully saturated rings. The zero-order valence-corrected chi connectivity index (χ0v) is 11.3. The second-order valence-electron chi connectivity index (χ2n) is 4.74. The average molecular weight is 276 g/mol. The Labute approximate surface area is 115 Å². The maximum atomic E-state index is 11.2. The predicted molar refractivity (Wildman–Crippen MR) is 75.8 cm³/mol. The van der Waals surface area contributed by atoms with Crippen molar-refractivity contribution < 1.29 is 19.4 Å². The van der Waals surface area contributed by atoms with Crippen LogP contribution in [0.2, 0.25) is 0 Å². The summed E-state index contributed by atoms with van der Waals surface area (Å²) in [6.45, 7) is 1.12. The zero-order valence-electron chi connectivity index (χ0n) is 11.3. The fourth-order valence-electron chi connectivity index (χ4n) is 1.74. The number of aliphatic hydroxyl groups is 2. The maximum absolute atomic E-state index is 11.2. The lowest BCUT2D eigenvalue weighted by atomic mass is 10.0. The molecule has 106 valence electrons. The second-order valence-corrected chi connectivity index (χ2v) is 4.74. The van der Waals surface area contributed by atoms with Crippen molar-refractivity contribution >= 4 is 17.0 Å². The topological polar surface area (TPSA) is 79.9 Å². The lowest BCUT2D eigenvalue weighted by molar-refractivity contribution is 0.0442. The van der Waals surface area contributed by atoms with Gasteiger partial charge in [-0.15, -0.1) is 0 Å². The third kappa shape index (κ3) is 3.07. The van der Waals surface area contributed by atoms with Crippen molar-refractivity contribution in [3.05, 3.63) is 46.3 Å². The number of rotatable bonds is 4. The first kappa shape index (κ1) is 14.3. The van der Waals surface area contributed by atoms with Crippen LogP contribution in [0.25, 0.3) is 17.0 Å². The monoisotopic (exact) mass is 276 g/mol. The highest BCUT2D eigenvalue weighted by atomic mass is 16.5. The van der Waals surface area contributed by atoms with Crippen LogP contribution in [0.4, 0.5) is 0 Å². The molecule has 0 radical (unpaired) electrons. The fraction of sp³-hybridized carbons (Fsp3) is 0.267. The van der Waals surface area contributed by atoms with E-state index in [-0.39, 0.29) is 6.61 Å². The van der Waals surface area contributed by atoms with E-state index in [4.69, 9.17) is 14.3 Å². The molecule has 2 N–H and O–H groups in total. The highest BCUT2D eigenvalue weighted by molar-refractivity contribution is 5.82. The maximum Gasteiger partial charge on any atom is 0.336 e. The molecular formula is C15H16O5. The molecule has 2 rings (SSSR count). The Balaban J connectivity index is 2.52. The van der Waals surface area contributed by atoms with Crippen LogP contribution >= 0.6 is 0 Å². The number of hydrogen-bond donors (Lipinski definition) is 2. The minimum atomic E-state index is -1.30. The number of benzene rings is 1. The fourth-order valence-corrected chi connectivity index (χ4v) is 1.74. The molecule has 0 aliphatic rings. The van der Waals surface area contributed by atoms with Crippen LogP contribution in [-0.4, -0.2) is 29.5 Å². The highest BCUT2D eigenvalue weighted by Gasteiger charge is 2.14. The number of fused-ring (bicyclic) bond motifs is 1. The van der Waals surface area contributed by atoms with E-state index >= 15 is 0 Å². The number of ether oxygens (including phenoxy) is 1. The van der Waals surface area contributed by atoms with Gasteiger partial charge in [-0.3, -0.25) is 0 Å². The molecule has 1 aromatic heterocycles. The lowest BCUT2D eigenvalue weighted by Gasteiger charge is -2.15. The highest BCUT2D eigenvalue weighted by Crippen LogP contribution is 2.26. The largest absolute Gasteiger partial charge is 0.496 e. The molecule has 0 spiro atoms. The summed E-state index contributed by atoms with van der Waals surface area (Å²) in [6.07, 6.45) is 3.13. The van der Waals surface area contributed by atoms with Crippen LogP contribution in [0.1, 0.15) is 12.5 Å². The molecule has 5 heteroatoms. The summed E-state index contributed by atoms with van der Waals surface area (Å²) in [7, 11) is 1.50. The molecule has 0 saturated carbocycles. The van der Waals surface area contributed by atoms with Crippen LogP contribution in [0.3, 0.4) is 0 Å². The molecular weight excluding hydrogens is 260 g/mol. The molecule has 2 aromatic rings. The summed E-state index contributed by atoms with van der Waals surface area (Å²) in [6, 6.07) is 6.39. The Morgan fingerprint density at radius 3 is 2.80 bits per heavy atom. The summed E-state index contributed by atoms with van der Waals surface area (Å²) >= 11 is 0. The van der Waals surface area contributed by atoms with Gasteiger partial charge in [0, 0.05) is 23.1 Å². The Kier molecular flexibility index (Phi) is 3.92. The first-order chi connectivity index (χ1) is 9.45. The van der Waals surface area contributed by atoms with E-state index in [2.05, 4.69) is 0 Å². The van der Waals surface area contributed by atoms with E-state index in [1.54, 1.807) is 24.3 Å². The number of methoxy groups -OCH3 is 1.